The number of benzene rings is 1. The predicted octanol–water partition coefficient (Wildman–Crippen LogP) is 3.44. The van der Waals surface area contributed by atoms with Crippen molar-refractivity contribution in [1.29, 1.82) is 0 Å². The van der Waals surface area contributed by atoms with Crippen LogP contribution < -0.4 is 0 Å². The lowest BCUT2D eigenvalue weighted by Crippen LogP contribution is -2.41. The van der Waals surface area contributed by atoms with Gasteiger partial charge in [-0.2, -0.15) is 0 Å². The molecular formula is C16H23BO3. The van der Waals surface area contributed by atoms with E-state index in [0.29, 0.717) is 12.4 Å². The van der Waals surface area contributed by atoms with Crippen LogP contribution in [0, 0.1) is 0 Å². The van der Waals surface area contributed by atoms with Crippen molar-refractivity contribution in [3.05, 3.63) is 35.9 Å². The average molecular weight is 274 g/mol. The SMILES string of the molecule is CC1(C)OB(C2CC2OCc2ccccc2)OC1(C)C. The quantitative estimate of drug-likeness (QED) is 0.787. The van der Waals surface area contributed by atoms with E-state index < -0.39 is 0 Å². The minimum absolute atomic E-state index is 0.124. The molecule has 3 nitrogen and oxygen atoms in total. The van der Waals surface area contributed by atoms with Crippen LogP contribution >= 0.6 is 0 Å². The van der Waals surface area contributed by atoms with E-state index in [0.717, 1.165) is 6.42 Å². The van der Waals surface area contributed by atoms with Crippen LogP contribution in [0.3, 0.4) is 0 Å². The Labute approximate surface area is 121 Å². The van der Waals surface area contributed by atoms with Gasteiger partial charge in [0.15, 0.2) is 0 Å². The summed E-state index contributed by atoms with van der Waals surface area (Å²) in [5.74, 6) is 0.375. The molecule has 1 saturated heterocycles. The molecule has 2 atom stereocenters. The van der Waals surface area contributed by atoms with Gasteiger partial charge in [-0.05, 0) is 39.7 Å². The van der Waals surface area contributed by atoms with Crippen LogP contribution in [0.4, 0.5) is 0 Å². The second-order valence-corrected chi connectivity index (χ2v) is 6.86. The van der Waals surface area contributed by atoms with Crippen LogP contribution in [-0.4, -0.2) is 24.4 Å². The van der Waals surface area contributed by atoms with Crippen LogP contribution in [0.5, 0.6) is 0 Å². The monoisotopic (exact) mass is 274 g/mol. The smallest absolute Gasteiger partial charge is 0.403 e. The molecule has 1 heterocycles. The summed E-state index contributed by atoms with van der Waals surface area (Å²) in [6.07, 6.45) is 1.30. The molecule has 108 valence electrons. The van der Waals surface area contributed by atoms with Gasteiger partial charge in [0.05, 0.1) is 23.9 Å². The fourth-order valence-electron chi connectivity index (χ4n) is 2.51. The van der Waals surface area contributed by atoms with Crippen molar-refractivity contribution in [1.82, 2.24) is 0 Å². The summed E-state index contributed by atoms with van der Waals surface area (Å²) >= 11 is 0. The van der Waals surface area contributed by atoms with Crippen LogP contribution in [-0.2, 0) is 20.7 Å². The number of hydrogen-bond donors (Lipinski definition) is 0. The van der Waals surface area contributed by atoms with Gasteiger partial charge in [-0.1, -0.05) is 30.3 Å². The summed E-state index contributed by atoms with van der Waals surface area (Å²) in [5.41, 5.74) is 0.723. The first-order valence-electron chi connectivity index (χ1n) is 7.40. The third-order valence-corrected chi connectivity index (χ3v) is 4.71. The molecule has 2 fully saturated rings. The minimum Gasteiger partial charge on any atom is -0.403 e. The molecule has 20 heavy (non-hydrogen) atoms. The Hall–Kier alpha value is -0.835. The maximum atomic E-state index is 6.07. The van der Waals surface area contributed by atoms with E-state index in [2.05, 4.69) is 39.8 Å². The van der Waals surface area contributed by atoms with E-state index in [-0.39, 0.29) is 24.4 Å². The zero-order valence-corrected chi connectivity index (χ0v) is 12.8. The molecule has 1 aliphatic heterocycles. The van der Waals surface area contributed by atoms with E-state index in [1.807, 2.05) is 18.2 Å². The van der Waals surface area contributed by atoms with Gasteiger partial charge < -0.3 is 14.0 Å². The van der Waals surface area contributed by atoms with Gasteiger partial charge >= 0.3 is 7.12 Å². The topological polar surface area (TPSA) is 27.7 Å². The third kappa shape index (κ3) is 2.65. The van der Waals surface area contributed by atoms with Crippen molar-refractivity contribution in [2.24, 2.45) is 0 Å². The highest BCUT2D eigenvalue weighted by molar-refractivity contribution is 6.49. The highest BCUT2D eigenvalue weighted by Gasteiger charge is 2.60. The number of rotatable bonds is 4. The van der Waals surface area contributed by atoms with Gasteiger partial charge in [0.2, 0.25) is 0 Å². The molecule has 1 aliphatic carbocycles. The lowest BCUT2D eigenvalue weighted by atomic mass is 9.82. The average Bonchev–Trinajstić information content (AvgIpc) is 3.11. The molecule has 0 N–H and O–H groups in total. The highest BCUT2D eigenvalue weighted by atomic mass is 16.7. The molecule has 0 bridgehead atoms. The van der Waals surface area contributed by atoms with Gasteiger partial charge in [-0.25, -0.2) is 0 Å². The molecule has 0 spiro atoms. The Morgan fingerprint density at radius 2 is 1.70 bits per heavy atom. The van der Waals surface area contributed by atoms with Crippen molar-refractivity contribution < 1.29 is 14.0 Å². The Morgan fingerprint density at radius 3 is 2.30 bits per heavy atom. The number of hydrogen-bond acceptors (Lipinski definition) is 3. The summed E-state index contributed by atoms with van der Waals surface area (Å²) in [4.78, 5) is 0. The lowest BCUT2D eigenvalue weighted by Gasteiger charge is -2.32. The molecule has 2 aliphatic rings. The molecule has 3 rings (SSSR count). The van der Waals surface area contributed by atoms with Crippen molar-refractivity contribution in [3.63, 3.8) is 0 Å². The molecule has 0 radical (unpaired) electrons. The zero-order chi connectivity index (χ0) is 14.4. The van der Waals surface area contributed by atoms with Crippen LogP contribution in [0.1, 0.15) is 39.7 Å². The van der Waals surface area contributed by atoms with Gasteiger partial charge in [-0.15, -0.1) is 0 Å². The van der Waals surface area contributed by atoms with Crippen LogP contribution in [0.15, 0.2) is 30.3 Å². The van der Waals surface area contributed by atoms with Gasteiger partial charge in [0.25, 0.3) is 0 Å². The molecule has 2 unspecified atom stereocenters. The highest BCUT2D eigenvalue weighted by Crippen LogP contribution is 2.50. The first-order valence-corrected chi connectivity index (χ1v) is 7.40. The molecule has 1 aromatic carbocycles. The van der Waals surface area contributed by atoms with Crippen molar-refractivity contribution in [3.8, 4) is 0 Å². The van der Waals surface area contributed by atoms with Gasteiger partial charge in [0.1, 0.15) is 0 Å². The van der Waals surface area contributed by atoms with E-state index in [4.69, 9.17) is 14.0 Å². The Kier molecular flexibility index (Phi) is 3.43. The van der Waals surface area contributed by atoms with Crippen LogP contribution in [0.2, 0.25) is 5.82 Å². The van der Waals surface area contributed by atoms with Crippen molar-refractivity contribution in [2.75, 3.05) is 0 Å². The fourth-order valence-corrected chi connectivity index (χ4v) is 2.51. The maximum Gasteiger partial charge on any atom is 0.463 e. The first kappa shape index (κ1) is 14.1. The maximum absolute atomic E-state index is 6.07. The molecule has 1 saturated carbocycles. The van der Waals surface area contributed by atoms with Gasteiger partial charge in [0, 0.05) is 5.82 Å². The fraction of sp³-hybridized carbons (Fsp3) is 0.625. The Bertz CT molecular complexity index is 456. The second kappa shape index (κ2) is 4.87. The zero-order valence-electron chi connectivity index (χ0n) is 12.8. The molecular weight excluding hydrogens is 251 g/mol. The van der Waals surface area contributed by atoms with E-state index in [1.165, 1.54) is 5.56 Å². The summed E-state index contributed by atoms with van der Waals surface area (Å²) < 4.78 is 18.1. The molecule has 0 amide bonds. The van der Waals surface area contributed by atoms with Crippen molar-refractivity contribution in [2.45, 2.75) is 63.8 Å². The molecule has 0 aromatic heterocycles. The standard InChI is InChI=1S/C16H23BO3/c1-15(2)16(3,4)20-17(19-15)13-10-14(13)18-11-12-8-6-5-7-9-12/h5-9,13-14H,10-11H2,1-4H3. The summed E-state index contributed by atoms with van der Waals surface area (Å²) in [6.45, 7) is 9.04. The third-order valence-electron chi connectivity index (χ3n) is 4.71. The number of ether oxygens (including phenoxy) is 1. The predicted molar refractivity (Wildman–Crippen MR) is 79.5 cm³/mol. The van der Waals surface area contributed by atoms with Gasteiger partial charge in [-0.3, -0.25) is 0 Å². The minimum atomic E-state index is -0.246. The van der Waals surface area contributed by atoms with E-state index in [1.54, 1.807) is 0 Å². The van der Waals surface area contributed by atoms with E-state index in [9.17, 15) is 0 Å². The lowest BCUT2D eigenvalue weighted by molar-refractivity contribution is 0.00578. The van der Waals surface area contributed by atoms with Crippen LogP contribution in [0.25, 0.3) is 0 Å². The Morgan fingerprint density at radius 1 is 1.10 bits per heavy atom. The first-order chi connectivity index (χ1) is 9.39. The van der Waals surface area contributed by atoms with Crippen molar-refractivity contribution >= 4 is 7.12 Å². The normalized spacial score (nSPS) is 30.5. The Balaban J connectivity index is 1.51. The summed E-state index contributed by atoms with van der Waals surface area (Å²) in [7, 11) is -0.124. The second-order valence-electron chi connectivity index (χ2n) is 6.86. The largest absolute Gasteiger partial charge is 0.463 e. The van der Waals surface area contributed by atoms with E-state index >= 15 is 0 Å². The summed E-state index contributed by atoms with van der Waals surface area (Å²) in [5, 5.41) is 0. The molecule has 1 aromatic rings. The molecule has 4 heteroatoms. The summed E-state index contributed by atoms with van der Waals surface area (Å²) in [6, 6.07) is 10.3.